The van der Waals surface area contributed by atoms with Crippen molar-refractivity contribution in [2.45, 2.75) is 33.7 Å². The van der Waals surface area contributed by atoms with Gasteiger partial charge in [0.15, 0.2) is 0 Å². The normalized spacial score (nSPS) is 17.6. The minimum Gasteiger partial charge on any atom is -0.369 e. The number of amides is 1. The number of carbonyl (C=O) groups excluding carboxylic acids is 1. The van der Waals surface area contributed by atoms with E-state index in [2.05, 4.69) is 47.2 Å². The summed E-state index contributed by atoms with van der Waals surface area (Å²) < 4.78 is 0. The molecule has 0 spiro atoms. The summed E-state index contributed by atoms with van der Waals surface area (Å²) in [6, 6.07) is 6.45. The van der Waals surface area contributed by atoms with Gasteiger partial charge >= 0.3 is 0 Å². The van der Waals surface area contributed by atoms with Crippen LogP contribution in [0.25, 0.3) is 0 Å². The van der Waals surface area contributed by atoms with Gasteiger partial charge in [-0.15, -0.1) is 0 Å². The highest BCUT2D eigenvalue weighted by Gasteiger charge is 2.25. The lowest BCUT2D eigenvalue weighted by molar-refractivity contribution is -0.125. The van der Waals surface area contributed by atoms with Gasteiger partial charge in [-0.1, -0.05) is 12.1 Å². The molecule has 1 atom stereocenters. The maximum atomic E-state index is 11.9. The van der Waals surface area contributed by atoms with Crippen LogP contribution in [0.2, 0.25) is 0 Å². The lowest BCUT2D eigenvalue weighted by Crippen LogP contribution is -2.54. The molecular weight excluding hydrogens is 262 g/mol. The van der Waals surface area contributed by atoms with E-state index < -0.39 is 0 Å². The molecule has 1 N–H and O–H groups in total. The van der Waals surface area contributed by atoms with Crippen molar-refractivity contribution in [2.75, 3.05) is 37.6 Å². The van der Waals surface area contributed by atoms with Crippen molar-refractivity contribution in [1.82, 2.24) is 10.2 Å². The summed E-state index contributed by atoms with van der Waals surface area (Å²) in [5.41, 5.74) is 4.04. The number of rotatable bonds is 4. The molecule has 4 heteroatoms. The van der Waals surface area contributed by atoms with Crippen molar-refractivity contribution in [3.8, 4) is 0 Å². The van der Waals surface area contributed by atoms with E-state index in [4.69, 9.17) is 0 Å². The molecule has 1 aliphatic rings. The van der Waals surface area contributed by atoms with Crippen molar-refractivity contribution >= 4 is 11.6 Å². The summed E-state index contributed by atoms with van der Waals surface area (Å²) in [6.45, 7) is 12.8. The molecule has 116 valence electrons. The first-order chi connectivity index (χ1) is 10.0. The van der Waals surface area contributed by atoms with E-state index in [1.54, 1.807) is 0 Å². The van der Waals surface area contributed by atoms with E-state index in [9.17, 15) is 4.79 Å². The van der Waals surface area contributed by atoms with Crippen molar-refractivity contribution < 1.29 is 4.79 Å². The van der Waals surface area contributed by atoms with Gasteiger partial charge in [-0.05, 0) is 44.9 Å². The standard InChI is InChI=1S/C17H27N3O/c1-5-18-17(21)15(4)19-9-11-20(12-10-19)16-8-6-7-13(2)14(16)3/h6-8,15H,5,9-12H2,1-4H3,(H,18,21)/t15-/m0/s1. The van der Waals surface area contributed by atoms with Gasteiger partial charge in [0.1, 0.15) is 0 Å². The van der Waals surface area contributed by atoms with E-state index in [0.29, 0.717) is 6.54 Å². The Labute approximate surface area is 128 Å². The smallest absolute Gasteiger partial charge is 0.237 e. The largest absolute Gasteiger partial charge is 0.369 e. The first kappa shape index (κ1) is 15.8. The molecule has 1 fully saturated rings. The average molecular weight is 289 g/mol. The van der Waals surface area contributed by atoms with E-state index in [-0.39, 0.29) is 11.9 Å². The fourth-order valence-corrected chi connectivity index (χ4v) is 2.92. The molecule has 2 rings (SSSR count). The molecule has 0 radical (unpaired) electrons. The van der Waals surface area contributed by atoms with Gasteiger partial charge in [-0.3, -0.25) is 9.69 Å². The monoisotopic (exact) mass is 289 g/mol. The number of carbonyl (C=O) groups is 1. The van der Waals surface area contributed by atoms with Crippen LogP contribution >= 0.6 is 0 Å². The summed E-state index contributed by atoms with van der Waals surface area (Å²) in [4.78, 5) is 16.6. The predicted octanol–water partition coefficient (Wildman–Crippen LogP) is 1.95. The first-order valence-electron chi connectivity index (χ1n) is 7.87. The predicted molar refractivity (Wildman–Crippen MR) is 87.8 cm³/mol. The highest BCUT2D eigenvalue weighted by molar-refractivity contribution is 5.81. The minimum absolute atomic E-state index is 0.0364. The zero-order valence-corrected chi connectivity index (χ0v) is 13.6. The molecule has 0 aromatic heterocycles. The number of hydrogen-bond donors (Lipinski definition) is 1. The molecule has 21 heavy (non-hydrogen) atoms. The van der Waals surface area contributed by atoms with E-state index >= 15 is 0 Å². The highest BCUT2D eigenvalue weighted by atomic mass is 16.2. The Hall–Kier alpha value is -1.55. The van der Waals surface area contributed by atoms with Gasteiger partial charge in [0.05, 0.1) is 6.04 Å². The van der Waals surface area contributed by atoms with Gasteiger partial charge in [-0.2, -0.15) is 0 Å². The Morgan fingerprint density at radius 3 is 2.52 bits per heavy atom. The van der Waals surface area contributed by atoms with Crippen LogP contribution in [-0.2, 0) is 4.79 Å². The van der Waals surface area contributed by atoms with Gasteiger partial charge in [0, 0.05) is 38.4 Å². The third kappa shape index (κ3) is 3.56. The second-order valence-electron chi connectivity index (χ2n) is 5.81. The molecular formula is C17H27N3O. The van der Waals surface area contributed by atoms with Crippen LogP contribution in [0.3, 0.4) is 0 Å². The second-order valence-corrected chi connectivity index (χ2v) is 5.81. The minimum atomic E-state index is -0.0364. The Morgan fingerprint density at radius 2 is 1.90 bits per heavy atom. The van der Waals surface area contributed by atoms with Crippen molar-refractivity contribution in [3.05, 3.63) is 29.3 Å². The highest BCUT2D eigenvalue weighted by Crippen LogP contribution is 2.24. The van der Waals surface area contributed by atoms with E-state index in [0.717, 1.165) is 26.2 Å². The molecule has 1 aliphatic heterocycles. The topological polar surface area (TPSA) is 35.6 Å². The van der Waals surface area contributed by atoms with Crippen molar-refractivity contribution in [2.24, 2.45) is 0 Å². The number of hydrogen-bond acceptors (Lipinski definition) is 3. The lowest BCUT2D eigenvalue weighted by Gasteiger charge is -2.39. The number of nitrogens with zero attached hydrogens (tertiary/aromatic N) is 2. The molecule has 1 heterocycles. The third-order valence-electron chi connectivity index (χ3n) is 4.51. The first-order valence-corrected chi connectivity index (χ1v) is 7.87. The zero-order chi connectivity index (χ0) is 15.4. The SMILES string of the molecule is CCNC(=O)[C@H](C)N1CCN(c2cccc(C)c2C)CC1. The molecule has 0 saturated carbocycles. The van der Waals surface area contributed by atoms with Crippen LogP contribution < -0.4 is 10.2 Å². The van der Waals surface area contributed by atoms with Crippen LogP contribution in [-0.4, -0.2) is 49.6 Å². The lowest BCUT2D eigenvalue weighted by atomic mass is 10.1. The number of anilines is 1. The Morgan fingerprint density at radius 1 is 1.24 bits per heavy atom. The maximum absolute atomic E-state index is 11.9. The number of aryl methyl sites for hydroxylation is 1. The average Bonchev–Trinajstić information content (AvgIpc) is 2.50. The molecule has 1 saturated heterocycles. The van der Waals surface area contributed by atoms with Gasteiger partial charge in [-0.25, -0.2) is 0 Å². The number of nitrogens with one attached hydrogen (secondary N) is 1. The molecule has 4 nitrogen and oxygen atoms in total. The van der Waals surface area contributed by atoms with Crippen LogP contribution in [0, 0.1) is 13.8 Å². The Bertz CT molecular complexity index is 493. The Balaban J connectivity index is 1.97. The van der Waals surface area contributed by atoms with E-state index in [1.807, 2.05) is 13.8 Å². The number of likely N-dealkylation sites (N-methyl/N-ethyl adjacent to an activating group) is 1. The summed E-state index contributed by atoms with van der Waals surface area (Å²) in [5.74, 6) is 0.137. The van der Waals surface area contributed by atoms with Crippen molar-refractivity contribution in [3.63, 3.8) is 0 Å². The molecule has 0 unspecified atom stereocenters. The number of piperazine rings is 1. The van der Waals surface area contributed by atoms with E-state index in [1.165, 1.54) is 16.8 Å². The van der Waals surface area contributed by atoms with Gasteiger partial charge in [0.25, 0.3) is 0 Å². The zero-order valence-electron chi connectivity index (χ0n) is 13.6. The molecule has 1 aromatic carbocycles. The molecule has 1 amide bonds. The summed E-state index contributed by atoms with van der Waals surface area (Å²) >= 11 is 0. The van der Waals surface area contributed by atoms with Crippen LogP contribution in [0.15, 0.2) is 18.2 Å². The third-order valence-corrected chi connectivity index (χ3v) is 4.51. The molecule has 0 aliphatic carbocycles. The molecule has 0 bridgehead atoms. The van der Waals surface area contributed by atoms with Crippen molar-refractivity contribution in [1.29, 1.82) is 0 Å². The fourth-order valence-electron chi connectivity index (χ4n) is 2.92. The quantitative estimate of drug-likeness (QED) is 0.920. The van der Waals surface area contributed by atoms with Crippen LogP contribution in [0.5, 0.6) is 0 Å². The van der Waals surface area contributed by atoms with Gasteiger partial charge in [0.2, 0.25) is 5.91 Å². The van der Waals surface area contributed by atoms with Crippen LogP contribution in [0.4, 0.5) is 5.69 Å². The van der Waals surface area contributed by atoms with Crippen LogP contribution in [0.1, 0.15) is 25.0 Å². The number of benzene rings is 1. The summed E-state index contributed by atoms with van der Waals surface area (Å²) in [7, 11) is 0. The van der Waals surface area contributed by atoms with Gasteiger partial charge < -0.3 is 10.2 Å². The summed E-state index contributed by atoms with van der Waals surface area (Å²) in [6.07, 6.45) is 0. The summed E-state index contributed by atoms with van der Waals surface area (Å²) in [5, 5.41) is 2.91. The fraction of sp³-hybridized carbons (Fsp3) is 0.588. The maximum Gasteiger partial charge on any atom is 0.237 e. The molecule has 1 aromatic rings. The Kier molecular flexibility index (Phi) is 5.23. The second kappa shape index (κ2) is 6.94.